The third kappa shape index (κ3) is 4.16. The smallest absolute Gasteiger partial charge is 0.256 e. The van der Waals surface area contributed by atoms with Crippen LogP contribution in [0.1, 0.15) is 10.4 Å². The molecule has 0 atom stereocenters. The number of methoxy groups -OCH3 is 1. The lowest BCUT2D eigenvalue weighted by Gasteiger charge is -2.12. The van der Waals surface area contributed by atoms with E-state index in [0.29, 0.717) is 27.4 Å². The van der Waals surface area contributed by atoms with Crippen LogP contribution in [0.5, 0.6) is 17.4 Å². The Balaban J connectivity index is 1.81. The maximum Gasteiger partial charge on any atom is 0.256 e. The number of carbonyl (C=O) groups excluding carboxylic acids is 1. The standard InChI is InChI=1S/C19H15BrN2O3/c1-24-13-8-10-14(11-9-13)25-19-17(7-4-12-21-19)22-18(23)15-5-2-3-6-16(15)20/h2-12H,1H3,(H,22,23). The van der Waals surface area contributed by atoms with Crippen LogP contribution in [-0.4, -0.2) is 18.0 Å². The summed E-state index contributed by atoms with van der Waals surface area (Å²) in [6.45, 7) is 0. The predicted octanol–water partition coefficient (Wildman–Crippen LogP) is 4.90. The highest BCUT2D eigenvalue weighted by Gasteiger charge is 2.13. The van der Waals surface area contributed by atoms with Crippen LogP contribution in [0.15, 0.2) is 71.3 Å². The van der Waals surface area contributed by atoms with Crippen molar-refractivity contribution in [2.75, 3.05) is 12.4 Å². The summed E-state index contributed by atoms with van der Waals surface area (Å²) in [7, 11) is 1.60. The molecule has 3 aromatic rings. The summed E-state index contributed by atoms with van der Waals surface area (Å²) < 4.78 is 11.6. The lowest BCUT2D eigenvalue weighted by molar-refractivity contribution is 0.102. The van der Waals surface area contributed by atoms with E-state index in [1.54, 1.807) is 61.8 Å². The molecule has 0 aliphatic rings. The van der Waals surface area contributed by atoms with Crippen LogP contribution in [0.4, 0.5) is 5.69 Å². The fourth-order valence-electron chi connectivity index (χ4n) is 2.16. The minimum atomic E-state index is -0.250. The van der Waals surface area contributed by atoms with Crippen molar-refractivity contribution in [3.05, 3.63) is 76.9 Å². The van der Waals surface area contributed by atoms with E-state index in [1.807, 2.05) is 12.1 Å². The largest absolute Gasteiger partial charge is 0.497 e. The monoisotopic (exact) mass is 398 g/mol. The number of hydrogen-bond acceptors (Lipinski definition) is 4. The van der Waals surface area contributed by atoms with Gasteiger partial charge in [0.15, 0.2) is 0 Å². The molecule has 6 heteroatoms. The lowest BCUT2D eigenvalue weighted by atomic mass is 10.2. The molecule has 5 nitrogen and oxygen atoms in total. The van der Waals surface area contributed by atoms with E-state index < -0.39 is 0 Å². The first-order valence-electron chi connectivity index (χ1n) is 7.50. The Kier molecular flexibility index (Phi) is 5.30. The first-order valence-corrected chi connectivity index (χ1v) is 8.29. The lowest BCUT2D eigenvalue weighted by Crippen LogP contribution is -2.13. The molecule has 1 heterocycles. The van der Waals surface area contributed by atoms with Crippen LogP contribution < -0.4 is 14.8 Å². The normalized spacial score (nSPS) is 10.2. The number of ether oxygens (including phenoxy) is 2. The van der Waals surface area contributed by atoms with Gasteiger partial charge in [0, 0.05) is 10.7 Å². The summed E-state index contributed by atoms with van der Waals surface area (Å²) >= 11 is 3.38. The molecule has 0 radical (unpaired) electrons. The van der Waals surface area contributed by atoms with Gasteiger partial charge in [-0.15, -0.1) is 0 Å². The molecule has 0 unspecified atom stereocenters. The van der Waals surface area contributed by atoms with Crippen molar-refractivity contribution in [2.24, 2.45) is 0 Å². The number of benzene rings is 2. The molecule has 0 saturated carbocycles. The number of nitrogens with zero attached hydrogens (tertiary/aromatic N) is 1. The van der Waals surface area contributed by atoms with Gasteiger partial charge in [-0.1, -0.05) is 12.1 Å². The number of rotatable bonds is 5. The molecule has 2 aromatic carbocycles. The van der Waals surface area contributed by atoms with Gasteiger partial charge in [-0.2, -0.15) is 0 Å². The molecule has 1 amide bonds. The SMILES string of the molecule is COc1ccc(Oc2ncccc2NC(=O)c2ccccc2Br)cc1. The zero-order valence-electron chi connectivity index (χ0n) is 13.4. The number of amides is 1. The zero-order chi connectivity index (χ0) is 17.6. The molecule has 0 fully saturated rings. The molecular weight excluding hydrogens is 384 g/mol. The Morgan fingerprint density at radius 1 is 1.00 bits per heavy atom. The Morgan fingerprint density at radius 2 is 1.72 bits per heavy atom. The minimum absolute atomic E-state index is 0.250. The second-order valence-corrected chi connectivity index (χ2v) is 5.92. The molecule has 0 bridgehead atoms. The summed E-state index contributed by atoms with van der Waals surface area (Å²) in [5, 5.41) is 2.83. The molecule has 0 spiro atoms. The number of anilines is 1. The quantitative estimate of drug-likeness (QED) is 0.663. The van der Waals surface area contributed by atoms with Crippen molar-refractivity contribution < 1.29 is 14.3 Å². The van der Waals surface area contributed by atoms with Gasteiger partial charge in [0.05, 0.1) is 12.7 Å². The van der Waals surface area contributed by atoms with Gasteiger partial charge in [-0.25, -0.2) is 4.98 Å². The Hall–Kier alpha value is -2.86. The predicted molar refractivity (Wildman–Crippen MR) is 99.4 cm³/mol. The first kappa shape index (κ1) is 17.0. The van der Waals surface area contributed by atoms with Crippen LogP contribution in [0, 0.1) is 0 Å². The van der Waals surface area contributed by atoms with E-state index in [4.69, 9.17) is 9.47 Å². The van der Waals surface area contributed by atoms with Crippen molar-refractivity contribution in [3.63, 3.8) is 0 Å². The number of aromatic nitrogens is 1. The van der Waals surface area contributed by atoms with Crippen LogP contribution >= 0.6 is 15.9 Å². The average molecular weight is 399 g/mol. The van der Waals surface area contributed by atoms with E-state index >= 15 is 0 Å². The molecule has 0 aliphatic heterocycles. The third-order valence-corrected chi connectivity index (χ3v) is 4.10. The zero-order valence-corrected chi connectivity index (χ0v) is 15.0. The van der Waals surface area contributed by atoms with Crippen molar-refractivity contribution >= 4 is 27.5 Å². The maximum atomic E-state index is 12.5. The van der Waals surface area contributed by atoms with Gasteiger partial charge < -0.3 is 14.8 Å². The van der Waals surface area contributed by atoms with E-state index in [1.165, 1.54) is 0 Å². The summed E-state index contributed by atoms with van der Waals surface area (Å²) in [5.74, 6) is 1.39. The molecule has 0 aliphatic carbocycles. The van der Waals surface area contributed by atoms with Gasteiger partial charge in [0.2, 0.25) is 5.88 Å². The van der Waals surface area contributed by atoms with Gasteiger partial charge >= 0.3 is 0 Å². The van der Waals surface area contributed by atoms with Crippen molar-refractivity contribution in [2.45, 2.75) is 0 Å². The van der Waals surface area contributed by atoms with E-state index in [-0.39, 0.29) is 5.91 Å². The highest BCUT2D eigenvalue weighted by atomic mass is 79.9. The highest BCUT2D eigenvalue weighted by Crippen LogP contribution is 2.29. The number of nitrogens with one attached hydrogen (secondary N) is 1. The van der Waals surface area contributed by atoms with Crippen LogP contribution in [0.25, 0.3) is 0 Å². The van der Waals surface area contributed by atoms with Crippen molar-refractivity contribution in [1.29, 1.82) is 0 Å². The first-order chi connectivity index (χ1) is 12.2. The highest BCUT2D eigenvalue weighted by molar-refractivity contribution is 9.10. The van der Waals surface area contributed by atoms with E-state index in [2.05, 4.69) is 26.2 Å². The fraction of sp³-hybridized carbons (Fsp3) is 0.0526. The molecular formula is C19H15BrN2O3. The van der Waals surface area contributed by atoms with Crippen molar-refractivity contribution in [3.8, 4) is 17.4 Å². The molecule has 1 N–H and O–H groups in total. The number of carbonyl (C=O) groups is 1. The van der Waals surface area contributed by atoms with Crippen LogP contribution in [-0.2, 0) is 0 Å². The average Bonchev–Trinajstić information content (AvgIpc) is 2.64. The van der Waals surface area contributed by atoms with Gasteiger partial charge in [0.25, 0.3) is 5.91 Å². The topological polar surface area (TPSA) is 60.5 Å². The Bertz CT molecular complexity index is 882. The number of pyridine rings is 1. The van der Waals surface area contributed by atoms with Gasteiger partial charge in [-0.05, 0) is 64.5 Å². The van der Waals surface area contributed by atoms with E-state index in [9.17, 15) is 4.79 Å². The molecule has 0 saturated heterocycles. The van der Waals surface area contributed by atoms with Gasteiger partial charge in [0.1, 0.15) is 17.2 Å². The Labute approximate surface area is 153 Å². The molecule has 126 valence electrons. The van der Waals surface area contributed by atoms with Crippen LogP contribution in [0.2, 0.25) is 0 Å². The summed E-state index contributed by atoms with van der Waals surface area (Å²) in [5.41, 5.74) is 1.01. The van der Waals surface area contributed by atoms with Crippen molar-refractivity contribution in [1.82, 2.24) is 4.98 Å². The summed E-state index contributed by atoms with van der Waals surface area (Å²) in [4.78, 5) is 16.7. The Morgan fingerprint density at radius 3 is 2.44 bits per heavy atom. The van der Waals surface area contributed by atoms with E-state index in [0.717, 1.165) is 5.75 Å². The van der Waals surface area contributed by atoms with Crippen LogP contribution in [0.3, 0.4) is 0 Å². The number of halogens is 1. The fourth-order valence-corrected chi connectivity index (χ4v) is 2.62. The molecule has 1 aromatic heterocycles. The molecule has 25 heavy (non-hydrogen) atoms. The molecule has 3 rings (SSSR count). The summed E-state index contributed by atoms with van der Waals surface area (Å²) in [6, 6.07) is 17.8. The number of hydrogen-bond donors (Lipinski definition) is 1. The second kappa shape index (κ2) is 7.81. The third-order valence-electron chi connectivity index (χ3n) is 3.41. The van der Waals surface area contributed by atoms with Gasteiger partial charge in [-0.3, -0.25) is 4.79 Å². The maximum absolute atomic E-state index is 12.5. The second-order valence-electron chi connectivity index (χ2n) is 5.07. The minimum Gasteiger partial charge on any atom is -0.497 e. The summed E-state index contributed by atoms with van der Waals surface area (Å²) in [6.07, 6.45) is 1.60.